The quantitative estimate of drug-likeness (QED) is 0.224. The first-order valence-electron chi connectivity index (χ1n) is 6.82. The van der Waals surface area contributed by atoms with Crippen molar-refractivity contribution in [2.45, 2.75) is 34.6 Å². The summed E-state index contributed by atoms with van der Waals surface area (Å²) in [6.45, 7) is 11.5. The van der Waals surface area contributed by atoms with Gasteiger partial charge in [0.25, 0.3) is 0 Å². The van der Waals surface area contributed by atoms with E-state index < -0.39 is 11.9 Å². The Balaban J connectivity index is 0. The van der Waals surface area contributed by atoms with Crippen LogP contribution >= 0.6 is 0 Å². The Morgan fingerprint density at radius 2 is 1.20 bits per heavy atom. The van der Waals surface area contributed by atoms with Gasteiger partial charge in [-0.1, -0.05) is 0 Å². The van der Waals surface area contributed by atoms with Crippen LogP contribution in [0.2, 0.25) is 0 Å². The molecule has 118 valence electrons. The first kappa shape index (κ1) is 20.8. The SMILES string of the molecule is CCOC=C(C(=O)OCC)C(=O)OCC.CCOCC. The number of ether oxygens (including phenoxy) is 4. The van der Waals surface area contributed by atoms with Crippen LogP contribution in [0.5, 0.6) is 0 Å². The third kappa shape index (κ3) is 11.5. The van der Waals surface area contributed by atoms with Gasteiger partial charge in [0, 0.05) is 13.2 Å². The maximum Gasteiger partial charge on any atom is 0.348 e. The number of hydrogen-bond donors (Lipinski definition) is 0. The van der Waals surface area contributed by atoms with E-state index in [2.05, 4.69) is 9.47 Å². The Morgan fingerprint density at radius 1 is 0.750 bits per heavy atom. The third-order valence-electron chi connectivity index (χ3n) is 1.77. The highest BCUT2D eigenvalue weighted by Crippen LogP contribution is 2.02. The fourth-order valence-corrected chi connectivity index (χ4v) is 0.968. The van der Waals surface area contributed by atoms with Crippen molar-refractivity contribution in [2.24, 2.45) is 0 Å². The van der Waals surface area contributed by atoms with E-state index in [-0.39, 0.29) is 18.8 Å². The van der Waals surface area contributed by atoms with Crippen LogP contribution < -0.4 is 0 Å². The lowest BCUT2D eigenvalue weighted by Crippen LogP contribution is -2.18. The third-order valence-corrected chi connectivity index (χ3v) is 1.77. The van der Waals surface area contributed by atoms with Crippen molar-refractivity contribution in [3.05, 3.63) is 11.8 Å². The normalized spacial score (nSPS) is 8.85. The first-order valence-corrected chi connectivity index (χ1v) is 6.82. The molecule has 0 aromatic carbocycles. The minimum Gasteiger partial charge on any atom is -0.500 e. The second kappa shape index (κ2) is 15.5. The molecule has 0 saturated heterocycles. The monoisotopic (exact) mass is 290 g/mol. The van der Waals surface area contributed by atoms with Crippen LogP contribution in [0.15, 0.2) is 11.8 Å². The van der Waals surface area contributed by atoms with Gasteiger partial charge in [0.2, 0.25) is 0 Å². The highest BCUT2D eigenvalue weighted by atomic mass is 16.6. The lowest BCUT2D eigenvalue weighted by Gasteiger charge is -2.06. The van der Waals surface area contributed by atoms with Gasteiger partial charge in [-0.25, -0.2) is 9.59 Å². The summed E-state index contributed by atoms with van der Waals surface area (Å²) in [6.07, 6.45) is 1.07. The highest BCUT2D eigenvalue weighted by Gasteiger charge is 2.21. The van der Waals surface area contributed by atoms with Crippen LogP contribution in [0.3, 0.4) is 0 Å². The van der Waals surface area contributed by atoms with Gasteiger partial charge in [0.1, 0.15) is 6.26 Å². The maximum absolute atomic E-state index is 11.3. The summed E-state index contributed by atoms with van der Waals surface area (Å²) in [7, 11) is 0. The van der Waals surface area contributed by atoms with E-state index in [1.807, 2.05) is 13.8 Å². The molecule has 20 heavy (non-hydrogen) atoms. The van der Waals surface area contributed by atoms with Gasteiger partial charge in [-0.3, -0.25) is 0 Å². The van der Waals surface area contributed by atoms with E-state index in [0.717, 1.165) is 19.5 Å². The minimum absolute atomic E-state index is 0.196. The molecule has 0 fully saturated rings. The summed E-state index contributed by atoms with van der Waals surface area (Å²) in [4.78, 5) is 22.6. The molecule has 0 heterocycles. The van der Waals surface area contributed by atoms with Gasteiger partial charge in [-0.05, 0) is 34.6 Å². The van der Waals surface area contributed by atoms with Gasteiger partial charge in [-0.2, -0.15) is 0 Å². The Hall–Kier alpha value is -1.56. The van der Waals surface area contributed by atoms with Crippen molar-refractivity contribution in [2.75, 3.05) is 33.0 Å². The number of carbonyl (C=O) groups is 2. The van der Waals surface area contributed by atoms with Gasteiger partial charge in [-0.15, -0.1) is 0 Å². The summed E-state index contributed by atoms with van der Waals surface area (Å²) in [5.74, 6) is -1.46. The molecular formula is C14H26O6. The average Bonchev–Trinajstić information content (AvgIpc) is 2.41. The number of hydrogen-bond acceptors (Lipinski definition) is 6. The van der Waals surface area contributed by atoms with Crippen LogP contribution in [-0.4, -0.2) is 45.0 Å². The Labute approximate surface area is 121 Å². The lowest BCUT2D eigenvalue weighted by atomic mass is 10.3. The Bertz CT molecular complexity index is 263. The molecule has 0 atom stereocenters. The molecule has 6 heteroatoms. The van der Waals surface area contributed by atoms with Gasteiger partial charge >= 0.3 is 11.9 Å². The van der Waals surface area contributed by atoms with E-state index in [1.54, 1.807) is 20.8 Å². The largest absolute Gasteiger partial charge is 0.500 e. The summed E-state index contributed by atoms with van der Waals surface area (Å²) in [5.41, 5.74) is -0.222. The molecule has 0 aromatic rings. The minimum atomic E-state index is -0.732. The predicted molar refractivity (Wildman–Crippen MR) is 75.1 cm³/mol. The molecule has 0 radical (unpaired) electrons. The second-order valence-electron chi connectivity index (χ2n) is 3.21. The van der Waals surface area contributed by atoms with E-state index in [4.69, 9.17) is 9.47 Å². The maximum atomic E-state index is 11.3. The van der Waals surface area contributed by atoms with Crippen LogP contribution in [0.4, 0.5) is 0 Å². The first-order chi connectivity index (χ1) is 9.58. The van der Waals surface area contributed by atoms with Crippen LogP contribution in [-0.2, 0) is 28.5 Å². The molecular weight excluding hydrogens is 264 g/mol. The summed E-state index contributed by atoms with van der Waals surface area (Å²) < 4.78 is 19.1. The van der Waals surface area contributed by atoms with Crippen LogP contribution in [0.1, 0.15) is 34.6 Å². The standard InChI is InChI=1S/C10H16O5.C4H10O/c1-4-13-7-8(9(11)14-5-2)10(12)15-6-3;1-3-5-4-2/h7H,4-6H2,1-3H3;3-4H2,1-2H3. The lowest BCUT2D eigenvalue weighted by molar-refractivity contribution is -0.146. The van der Waals surface area contributed by atoms with Crippen molar-refractivity contribution in [1.82, 2.24) is 0 Å². The molecule has 0 N–H and O–H groups in total. The average molecular weight is 290 g/mol. The predicted octanol–water partition coefficient (Wildman–Crippen LogP) is 2.08. The smallest absolute Gasteiger partial charge is 0.348 e. The zero-order chi connectivity index (χ0) is 15.8. The second-order valence-corrected chi connectivity index (χ2v) is 3.21. The van der Waals surface area contributed by atoms with E-state index >= 15 is 0 Å². The van der Waals surface area contributed by atoms with Crippen molar-refractivity contribution >= 4 is 11.9 Å². The zero-order valence-corrected chi connectivity index (χ0v) is 13.1. The van der Waals surface area contributed by atoms with E-state index in [1.165, 1.54) is 0 Å². The molecule has 0 aliphatic rings. The van der Waals surface area contributed by atoms with Crippen LogP contribution in [0, 0.1) is 0 Å². The number of esters is 2. The Morgan fingerprint density at radius 3 is 1.45 bits per heavy atom. The summed E-state index contributed by atoms with van der Waals surface area (Å²) in [5, 5.41) is 0. The fraction of sp³-hybridized carbons (Fsp3) is 0.714. The number of rotatable bonds is 8. The van der Waals surface area contributed by atoms with Crippen molar-refractivity contribution in [3.63, 3.8) is 0 Å². The zero-order valence-electron chi connectivity index (χ0n) is 13.1. The molecule has 0 aromatic heterocycles. The molecule has 0 rings (SSSR count). The fourth-order valence-electron chi connectivity index (χ4n) is 0.968. The topological polar surface area (TPSA) is 71.1 Å². The van der Waals surface area contributed by atoms with E-state index in [0.29, 0.717) is 6.61 Å². The molecule has 6 nitrogen and oxygen atoms in total. The van der Waals surface area contributed by atoms with Gasteiger partial charge in [0.15, 0.2) is 5.57 Å². The van der Waals surface area contributed by atoms with E-state index in [9.17, 15) is 9.59 Å². The highest BCUT2D eigenvalue weighted by molar-refractivity contribution is 6.13. The molecule has 0 amide bonds. The van der Waals surface area contributed by atoms with Crippen LogP contribution in [0.25, 0.3) is 0 Å². The molecule has 0 aliphatic carbocycles. The molecule has 0 bridgehead atoms. The molecule has 0 spiro atoms. The molecule has 0 unspecified atom stereocenters. The van der Waals surface area contributed by atoms with Gasteiger partial charge in [0.05, 0.1) is 19.8 Å². The molecule has 0 aliphatic heterocycles. The molecule has 0 saturated carbocycles. The Kier molecular flexibility index (Phi) is 16.1. The number of carbonyl (C=O) groups excluding carboxylic acids is 2. The van der Waals surface area contributed by atoms with Crippen molar-refractivity contribution < 1.29 is 28.5 Å². The summed E-state index contributed by atoms with van der Waals surface area (Å²) >= 11 is 0. The van der Waals surface area contributed by atoms with Crippen molar-refractivity contribution in [1.29, 1.82) is 0 Å². The van der Waals surface area contributed by atoms with Crippen molar-refractivity contribution in [3.8, 4) is 0 Å². The van der Waals surface area contributed by atoms with Gasteiger partial charge < -0.3 is 18.9 Å². The summed E-state index contributed by atoms with van der Waals surface area (Å²) in [6, 6.07) is 0.